The summed E-state index contributed by atoms with van der Waals surface area (Å²) < 4.78 is 0. The van der Waals surface area contributed by atoms with E-state index in [1.54, 1.807) is 0 Å². The van der Waals surface area contributed by atoms with Crippen molar-refractivity contribution in [3.63, 3.8) is 0 Å². The molecule has 2 rings (SSSR count). The number of guanidine groups is 1. The molecule has 2 aromatic heterocycles. The summed E-state index contributed by atoms with van der Waals surface area (Å²) in [6.45, 7) is 7.15. The second kappa shape index (κ2) is 10.9. The molecule has 0 saturated heterocycles. The molecule has 0 fully saturated rings. The first kappa shape index (κ1) is 19.5. The molecule has 2 heterocycles. The minimum absolute atomic E-state index is 0.00000233. The summed E-state index contributed by atoms with van der Waals surface area (Å²) in [6, 6.07) is 8.04. The third-order valence-corrected chi connectivity index (χ3v) is 5.56. The van der Waals surface area contributed by atoms with E-state index in [1.165, 1.54) is 21.1 Å². The quantitative estimate of drug-likeness (QED) is 0.356. The second-order valence-electron chi connectivity index (χ2n) is 5.43. The van der Waals surface area contributed by atoms with Gasteiger partial charge in [-0.2, -0.15) is 0 Å². The smallest absolute Gasteiger partial charge is 0.261 e. The highest BCUT2D eigenvalue weighted by atomic mass is 32.1. The Morgan fingerprint density at radius 3 is 2.56 bits per heavy atom. The van der Waals surface area contributed by atoms with Gasteiger partial charge in [-0.25, -0.2) is 4.99 Å². The fourth-order valence-electron chi connectivity index (χ4n) is 2.19. The number of aryl methyl sites for hydroxylation is 1. The number of amides is 1. The summed E-state index contributed by atoms with van der Waals surface area (Å²) in [6.07, 6.45) is 1.92. The summed E-state index contributed by atoms with van der Waals surface area (Å²) in [4.78, 5) is 19.9. The number of hydrogen-bond donors (Lipinski definition) is 3. The van der Waals surface area contributed by atoms with Gasteiger partial charge in [-0.1, -0.05) is 13.0 Å². The minimum Gasteiger partial charge on any atom is -0.357 e. The Morgan fingerprint density at radius 2 is 1.88 bits per heavy atom. The molecule has 0 bridgehead atoms. The summed E-state index contributed by atoms with van der Waals surface area (Å²) in [5, 5.41) is 11.4. The average molecular weight is 379 g/mol. The van der Waals surface area contributed by atoms with Crippen molar-refractivity contribution in [2.24, 2.45) is 4.99 Å². The van der Waals surface area contributed by atoms with E-state index in [1.807, 2.05) is 28.8 Å². The van der Waals surface area contributed by atoms with E-state index in [0.29, 0.717) is 13.1 Å². The van der Waals surface area contributed by atoms with Gasteiger partial charge in [-0.15, -0.1) is 22.7 Å². The Kier molecular flexibility index (Phi) is 8.48. The largest absolute Gasteiger partial charge is 0.357 e. The van der Waals surface area contributed by atoms with Crippen LogP contribution >= 0.6 is 22.7 Å². The minimum atomic E-state index is -0.00000233. The SMILES string of the molecule is CCNC(=NCc1ccc(CC)s1)NCCCNC(=O)c1cccs1. The monoisotopic (exact) mass is 378 g/mol. The van der Waals surface area contributed by atoms with Crippen molar-refractivity contribution < 1.29 is 4.79 Å². The number of carbonyl (C=O) groups excluding carboxylic acids is 1. The van der Waals surface area contributed by atoms with Crippen LogP contribution in [0.5, 0.6) is 0 Å². The Morgan fingerprint density at radius 1 is 1.08 bits per heavy atom. The van der Waals surface area contributed by atoms with Crippen LogP contribution in [0.1, 0.15) is 39.7 Å². The van der Waals surface area contributed by atoms with Crippen molar-refractivity contribution in [3.05, 3.63) is 44.3 Å². The first-order valence-electron chi connectivity index (χ1n) is 8.64. The molecule has 0 aliphatic heterocycles. The van der Waals surface area contributed by atoms with E-state index in [-0.39, 0.29) is 5.91 Å². The molecule has 0 aliphatic rings. The van der Waals surface area contributed by atoms with Gasteiger partial charge in [0.2, 0.25) is 0 Å². The summed E-state index contributed by atoms with van der Waals surface area (Å²) >= 11 is 3.28. The van der Waals surface area contributed by atoms with E-state index in [9.17, 15) is 4.79 Å². The van der Waals surface area contributed by atoms with Gasteiger partial charge in [0.15, 0.2) is 5.96 Å². The van der Waals surface area contributed by atoms with Gasteiger partial charge in [-0.05, 0) is 43.3 Å². The highest BCUT2D eigenvalue weighted by Gasteiger charge is 2.05. The molecule has 7 heteroatoms. The summed E-state index contributed by atoms with van der Waals surface area (Å²) in [5.74, 6) is 0.818. The number of aliphatic imine (C=N–C) groups is 1. The zero-order valence-corrected chi connectivity index (χ0v) is 16.4. The standard InChI is InChI=1S/C18H26N4OS2/c1-3-14-8-9-15(25-14)13-22-18(19-4-2)21-11-6-10-20-17(23)16-7-5-12-24-16/h5,7-9,12H,3-4,6,10-11,13H2,1-2H3,(H,20,23)(H2,19,21,22). The van der Waals surface area contributed by atoms with E-state index in [4.69, 9.17) is 0 Å². The van der Waals surface area contributed by atoms with Crippen LogP contribution in [0.15, 0.2) is 34.6 Å². The third kappa shape index (κ3) is 6.88. The van der Waals surface area contributed by atoms with Gasteiger partial charge in [0.25, 0.3) is 5.91 Å². The van der Waals surface area contributed by atoms with Gasteiger partial charge >= 0.3 is 0 Å². The molecular formula is C18H26N4OS2. The van der Waals surface area contributed by atoms with Crippen LogP contribution in [0.3, 0.4) is 0 Å². The van der Waals surface area contributed by atoms with Crippen LogP contribution in [0.4, 0.5) is 0 Å². The second-order valence-corrected chi connectivity index (χ2v) is 7.63. The van der Waals surface area contributed by atoms with Gasteiger partial charge in [0, 0.05) is 29.4 Å². The zero-order valence-electron chi connectivity index (χ0n) is 14.8. The third-order valence-electron chi connectivity index (χ3n) is 3.48. The maximum absolute atomic E-state index is 11.8. The van der Waals surface area contributed by atoms with E-state index < -0.39 is 0 Å². The number of nitrogens with one attached hydrogen (secondary N) is 3. The number of carbonyl (C=O) groups is 1. The van der Waals surface area contributed by atoms with Crippen LogP contribution in [0, 0.1) is 0 Å². The Bertz CT molecular complexity index is 664. The van der Waals surface area contributed by atoms with E-state index in [0.717, 1.165) is 36.8 Å². The number of hydrogen-bond acceptors (Lipinski definition) is 4. The first-order valence-corrected chi connectivity index (χ1v) is 10.3. The lowest BCUT2D eigenvalue weighted by Crippen LogP contribution is -2.38. The van der Waals surface area contributed by atoms with Crippen molar-refractivity contribution in [1.82, 2.24) is 16.0 Å². The predicted molar refractivity (Wildman–Crippen MR) is 108 cm³/mol. The fourth-order valence-corrected chi connectivity index (χ4v) is 3.71. The maximum atomic E-state index is 11.8. The van der Waals surface area contributed by atoms with Gasteiger partial charge in [0.05, 0.1) is 11.4 Å². The molecule has 3 N–H and O–H groups in total. The van der Waals surface area contributed by atoms with E-state index >= 15 is 0 Å². The fraction of sp³-hybridized carbons (Fsp3) is 0.444. The molecule has 5 nitrogen and oxygen atoms in total. The van der Waals surface area contributed by atoms with Crippen molar-refractivity contribution in [3.8, 4) is 0 Å². The van der Waals surface area contributed by atoms with Crippen molar-refractivity contribution in [2.75, 3.05) is 19.6 Å². The van der Waals surface area contributed by atoms with E-state index in [2.05, 4.69) is 46.9 Å². The van der Waals surface area contributed by atoms with Gasteiger partial charge < -0.3 is 16.0 Å². The molecule has 0 aliphatic carbocycles. The average Bonchev–Trinajstić information content (AvgIpc) is 3.30. The van der Waals surface area contributed by atoms with Crippen LogP contribution in [0.2, 0.25) is 0 Å². The first-order chi connectivity index (χ1) is 12.2. The Balaban J connectivity index is 1.69. The number of thiophene rings is 2. The molecule has 0 aromatic carbocycles. The Hall–Kier alpha value is -1.86. The molecule has 0 radical (unpaired) electrons. The maximum Gasteiger partial charge on any atom is 0.261 e. The number of nitrogens with zero attached hydrogens (tertiary/aromatic N) is 1. The van der Waals surface area contributed by atoms with Crippen LogP contribution in [0.25, 0.3) is 0 Å². The van der Waals surface area contributed by atoms with Crippen molar-refractivity contribution in [1.29, 1.82) is 0 Å². The predicted octanol–water partition coefficient (Wildman–Crippen LogP) is 3.25. The van der Waals surface area contributed by atoms with Crippen LogP contribution in [-0.4, -0.2) is 31.5 Å². The molecule has 25 heavy (non-hydrogen) atoms. The Labute approximate surface area is 157 Å². The lowest BCUT2D eigenvalue weighted by atomic mass is 10.4. The molecule has 2 aromatic rings. The molecule has 1 amide bonds. The highest BCUT2D eigenvalue weighted by molar-refractivity contribution is 7.12. The molecule has 0 saturated carbocycles. The number of rotatable bonds is 9. The highest BCUT2D eigenvalue weighted by Crippen LogP contribution is 2.17. The summed E-state index contributed by atoms with van der Waals surface area (Å²) in [7, 11) is 0. The van der Waals surface area contributed by atoms with Gasteiger partial charge in [0.1, 0.15) is 0 Å². The zero-order chi connectivity index (χ0) is 17.9. The molecular weight excluding hydrogens is 352 g/mol. The molecule has 0 atom stereocenters. The van der Waals surface area contributed by atoms with Gasteiger partial charge in [-0.3, -0.25) is 4.79 Å². The van der Waals surface area contributed by atoms with Crippen molar-refractivity contribution >= 4 is 34.5 Å². The van der Waals surface area contributed by atoms with Crippen LogP contribution in [-0.2, 0) is 13.0 Å². The molecule has 0 spiro atoms. The lowest BCUT2D eigenvalue weighted by Gasteiger charge is -2.11. The van der Waals surface area contributed by atoms with Crippen molar-refractivity contribution in [2.45, 2.75) is 33.2 Å². The molecule has 136 valence electrons. The summed E-state index contributed by atoms with van der Waals surface area (Å²) in [5.41, 5.74) is 0. The normalized spacial score (nSPS) is 11.4. The van der Waals surface area contributed by atoms with Crippen LogP contribution < -0.4 is 16.0 Å². The topological polar surface area (TPSA) is 65.5 Å². The lowest BCUT2D eigenvalue weighted by molar-refractivity contribution is 0.0957. The molecule has 0 unspecified atom stereocenters.